The number of carbonyl (C=O) groups is 2. The number of halogens is 2. The van der Waals surface area contributed by atoms with Gasteiger partial charge in [-0.3, -0.25) is 19.5 Å². The number of rotatable bonds is 3. The van der Waals surface area contributed by atoms with Gasteiger partial charge in [-0.15, -0.1) is 0 Å². The van der Waals surface area contributed by atoms with Crippen molar-refractivity contribution in [3.63, 3.8) is 0 Å². The summed E-state index contributed by atoms with van der Waals surface area (Å²) >= 11 is 0. The van der Waals surface area contributed by atoms with Crippen LogP contribution in [0.25, 0.3) is 0 Å². The summed E-state index contributed by atoms with van der Waals surface area (Å²) < 4.78 is 28.6. The van der Waals surface area contributed by atoms with Crippen LogP contribution in [-0.2, 0) is 39.9 Å². The van der Waals surface area contributed by atoms with Crippen molar-refractivity contribution in [3.8, 4) is 0 Å². The molecule has 1 fully saturated rings. The predicted molar refractivity (Wildman–Crippen MR) is 137 cm³/mol. The molecule has 0 unspecified atom stereocenters. The average molecular weight is 518 g/mol. The van der Waals surface area contributed by atoms with Crippen molar-refractivity contribution in [2.24, 2.45) is 0 Å². The molecule has 0 saturated carbocycles. The number of likely N-dealkylation sites (N-methyl/N-ethyl adjacent to an activating group) is 1. The number of fused-ring (bicyclic) bond motifs is 3. The molecule has 2 amide bonds. The Kier molecular flexibility index (Phi) is 5.27. The number of nitrogens with zero attached hydrogens (tertiary/aromatic N) is 4. The van der Waals surface area contributed by atoms with Crippen LogP contribution in [0.4, 0.5) is 14.6 Å². The first-order valence-electron chi connectivity index (χ1n) is 12.7. The number of nitrogens with one attached hydrogen (secondary N) is 1. The van der Waals surface area contributed by atoms with Gasteiger partial charge in [-0.05, 0) is 69.1 Å². The molecule has 196 valence electrons. The molecule has 2 aliphatic heterocycles. The zero-order chi connectivity index (χ0) is 27.0. The van der Waals surface area contributed by atoms with Gasteiger partial charge in [-0.2, -0.15) is 0 Å². The SMILES string of the molecule is CN1C[C@@](C)(c2cc(F)cc(F)c2)N(Cc2cnc3c(c2)C[C@@]2(C3)C(=O)Nc3ncccc32)C(=O)C1(C)C. The third kappa shape index (κ3) is 3.48. The quantitative estimate of drug-likeness (QED) is 0.573. The Morgan fingerprint density at radius 1 is 1.03 bits per heavy atom. The van der Waals surface area contributed by atoms with Crippen LogP contribution in [0.2, 0.25) is 0 Å². The number of amides is 2. The van der Waals surface area contributed by atoms with E-state index in [0.717, 1.165) is 28.5 Å². The lowest BCUT2D eigenvalue weighted by Gasteiger charge is -2.54. The molecule has 1 saturated heterocycles. The van der Waals surface area contributed by atoms with Crippen molar-refractivity contribution in [3.05, 3.63) is 88.4 Å². The fraction of sp³-hybridized carbons (Fsp3) is 0.379. The first kappa shape index (κ1) is 24.6. The molecule has 7 nitrogen and oxygen atoms in total. The van der Waals surface area contributed by atoms with E-state index in [0.29, 0.717) is 30.8 Å². The molecule has 1 spiro atoms. The largest absolute Gasteiger partial charge is 0.326 e. The second-order valence-corrected chi connectivity index (χ2v) is 11.5. The lowest BCUT2D eigenvalue weighted by molar-refractivity contribution is -0.161. The van der Waals surface area contributed by atoms with Gasteiger partial charge in [0.05, 0.1) is 16.5 Å². The summed E-state index contributed by atoms with van der Waals surface area (Å²) in [7, 11) is 1.85. The Hall–Kier alpha value is -3.72. The minimum Gasteiger partial charge on any atom is -0.326 e. The van der Waals surface area contributed by atoms with Gasteiger partial charge in [0, 0.05) is 49.2 Å². The van der Waals surface area contributed by atoms with Gasteiger partial charge < -0.3 is 10.2 Å². The zero-order valence-electron chi connectivity index (χ0n) is 21.8. The Morgan fingerprint density at radius 2 is 1.76 bits per heavy atom. The topological polar surface area (TPSA) is 78.4 Å². The number of carbonyl (C=O) groups excluding carboxylic acids is 2. The summed E-state index contributed by atoms with van der Waals surface area (Å²) in [5.74, 6) is -1.01. The Labute approximate surface area is 219 Å². The normalized spacial score (nSPS) is 26.0. The highest BCUT2D eigenvalue weighted by Gasteiger charge is 2.53. The first-order chi connectivity index (χ1) is 17.9. The van der Waals surface area contributed by atoms with E-state index in [-0.39, 0.29) is 18.4 Å². The van der Waals surface area contributed by atoms with Crippen LogP contribution in [0.15, 0.2) is 48.8 Å². The van der Waals surface area contributed by atoms with E-state index in [2.05, 4.69) is 10.3 Å². The highest BCUT2D eigenvalue weighted by molar-refractivity contribution is 6.06. The second kappa shape index (κ2) is 8.14. The van der Waals surface area contributed by atoms with E-state index in [1.807, 2.05) is 50.9 Å². The van der Waals surface area contributed by atoms with Crippen molar-refractivity contribution in [1.29, 1.82) is 0 Å². The van der Waals surface area contributed by atoms with Gasteiger partial charge in [-0.25, -0.2) is 13.8 Å². The van der Waals surface area contributed by atoms with E-state index >= 15 is 0 Å². The molecule has 2 atom stereocenters. The third-order valence-electron chi connectivity index (χ3n) is 8.76. The van der Waals surface area contributed by atoms with Gasteiger partial charge in [0.1, 0.15) is 17.5 Å². The zero-order valence-corrected chi connectivity index (χ0v) is 21.8. The lowest BCUT2D eigenvalue weighted by atomic mass is 9.80. The maximum atomic E-state index is 14.3. The van der Waals surface area contributed by atoms with Gasteiger partial charge in [0.2, 0.25) is 11.8 Å². The van der Waals surface area contributed by atoms with Crippen LogP contribution in [-0.4, -0.2) is 50.7 Å². The fourth-order valence-corrected chi connectivity index (χ4v) is 6.26. The molecule has 1 aromatic carbocycles. The van der Waals surface area contributed by atoms with Gasteiger partial charge in [0.25, 0.3) is 0 Å². The van der Waals surface area contributed by atoms with Crippen molar-refractivity contribution >= 4 is 17.6 Å². The van der Waals surface area contributed by atoms with E-state index in [1.54, 1.807) is 17.3 Å². The highest BCUT2D eigenvalue weighted by Crippen LogP contribution is 2.46. The molecule has 3 aromatic rings. The summed E-state index contributed by atoms with van der Waals surface area (Å²) in [6.07, 6.45) is 4.36. The molecule has 3 aliphatic rings. The standard InChI is InChI=1S/C29H29F2N5O2/c1-27(2)26(38)36(28(3,16-35(27)4)19-9-20(30)11-21(31)10-19)15-17-8-18-12-29(13-23(18)33-14-17)22-6-5-7-32-24(22)34-25(29)37/h5-11,14H,12-13,15-16H2,1-4H3,(H,32,34,37)/t28-,29-/m0/s1. The molecular formula is C29H29F2N5O2. The summed E-state index contributed by atoms with van der Waals surface area (Å²) in [6, 6.07) is 9.20. The maximum absolute atomic E-state index is 14.3. The molecule has 0 radical (unpaired) electrons. The molecule has 0 bridgehead atoms. The molecular weight excluding hydrogens is 488 g/mol. The number of hydrogen-bond acceptors (Lipinski definition) is 5. The smallest absolute Gasteiger partial charge is 0.243 e. The average Bonchev–Trinajstić information content (AvgIpc) is 3.37. The molecule has 2 aromatic heterocycles. The van der Waals surface area contributed by atoms with Gasteiger partial charge in [0.15, 0.2) is 0 Å². The van der Waals surface area contributed by atoms with Crippen LogP contribution in [0.1, 0.15) is 48.7 Å². The van der Waals surface area contributed by atoms with Crippen LogP contribution in [0, 0.1) is 11.6 Å². The maximum Gasteiger partial charge on any atom is 0.243 e. The number of benzene rings is 1. The second-order valence-electron chi connectivity index (χ2n) is 11.5. The molecule has 9 heteroatoms. The van der Waals surface area contributed by atoms with E-state index in [4.69, 9.17) is 4.98 Å². The Balaban J connectivity index is 1.37. The van der Waals surface area contributed by atoms with E-state index in [1.165, 1.54) is 12.1 Å². The molecule has 38 heavy (non-hydrogen) atoms. The summed E-state index contributed by atoms with van der Waals surface area (Å²) in [6.45, 7) is 6.14. The number of hydrogen-bond donors (Lipinski definition) is 1. The number of pyridine rings is 2. The van der Waals surface area contributed by atoms with Crippen LogP contribution in [0.3, 0.4) is 0 Å². The van der Waals surface area contributed by atoms with Gasteiger partial charge >= 0.3 is 0 Å². The Bertz CT molecular complexity index is 1490. The lowest BCUT2D eigenvalue weighted by Crippen LogP contribution is -2.68. The number of anilines is 1. The highest BCUT2D eigenvalue weighted by atomic mass is 19.1. The van der Waals surface area contributed by atoms with Crippen LogP contribution >= 0.6 is 0 Å². The monoisotopic (exact) mass is 517 g/mol. The first-order valence-corrected chi connectivity index (χ1v) is 12.7. The third-order valence-corrected chi connectivity index (χ3v) is 8.76. The van der Waals surface area contributed by atoms with E-state index in [9.17, 15) is 18.4 Å². The summed E-state index contributed by atoms with van der Waals surface area (Å²) in [5, 5.41) is 2.91. The minimum absolute atomic E-state index is 0.0811. The Morgan fingerprint density at radius 3 is 2.50 bits per heavy atom. The van der Waals surface area contributed by atoms with E-state index < -0.39 is 28.1 Å². The van der Waals surface area contributed by atoms with Crippen molar-refractivity contribution in [1.82, 2.24) is 19.8 Å². The van der Waals surface area contributed by atoms with Crippen LogP contribution < -0.4 is 5.32 Å². The summed E-state index contributed by atoms with van der Waals surface area (Å²) in [5.41, 5.74) is 1.33. The summed E-state index contributed by atoms with van der Waals surface area (Å²) in [4.78, 5) is 39.6. The van der Waals surface area contributed by atoms with Crippen molar-refractivity contribution in [2.75, 3.05) is 18.9 Å². The van der Waals surface area contributed by atoms with Crippen LogP contribution in [0.5, 0.6) is 0 Å². The van der Waals surface area contributed by atoms with Crippen molar-refractivity contribution < 1.29 is 18.4 Å². The molecule has 4 heterocycles. The minimum atomic E-state index is -0.986. The fourth-order valence-electron chi connectivity index (χ4n) is 6.26. The molecule has 1 N–H and O–H groups in total. The molecule has 6 rings (SSSR count). The number of aromatic nitrogens is 2. The van der Waals surface area contributed by atoms with Crippen molar-refractivity contribution in [2.45, 2.75) is 56.7 Å². The molecule has 1 aliphatic carbocycles. The number of piperazine rings is 1. The predicted octanol–water partition coefficient (Wildman–Crippen LogP) is 3.71. The van der Waals surface area contributed by atoms with Gasteiger partial charge in [-0.1, -0.05) is 12.1 Å².